The first-order valence-corrected chi connectivity index (χ1v) is 5.25. The van der Waals surface area contributed by atoms with Crippen molar-refractivity contribution in [1.29, 1.82) is 0 Å². The zero-order chi connectivity index (χ0) is 11.9. The SMILES string of the molecule is CCn1c(N)c(C(=O)O)c2c(Cl)cccc21. The molecule has 0 spiro atoms. The summed E-state index contributed by atoms with van der Waals surface area (Å²) in [5.41, 5.74) is 6.66. The maximum atomic E-state index is 11.2. The van der Waals surface area contributed by atoms with Crippen molar-refractivity contribution in [3.63, 3.8) is 0 Å². The Kier molecular flexibility index (Phi) is 2.52. The lowest BCUT2D eigenvalue weighted by atomic mass is 10.1. The van der Waals surface area contributed by atoms with Crippen molar-refractivity contribution in [1.82, 2.24) is 4.57 Å². The highest BCUT2D eigenvalue weighted by molar-refractivity contribution is 6.37. The molecule has 5 heteroatoms. The number of anilines is 1. The third-order valence-electron chi connectivity index (χ3n) is 2.61. The van der Waals surface area contributed by atoms with Crippen LogP contribution in [0.3, 0.4) is 0 Å². The van der Waals surface area contributed by atoms with Gasteiger partial charge in [0.05, 0.1) is 10.5 Å². The predicted octanol–water partition coefficient (Wildman–Crippen LogP) is 2.60. The Labute approximate surface area is 97.2 Å². The standard InChI is InChI=1S/C11H11ClN2O2/c1-2-14-7-5-3-4-6(12)8(7)9(10(14)13)11(15)16/h3-5H,2,13H2,1H3,(H,15,16). The van der Waals surface area contributed by atoms with Gasteiger partial charge in [-0.1, -0.05) is 17.7 Å². The first-order valence-electron chi connectivity index (χ1n) is 4.87. The fourth-order valence-electron chi connectivity index (χ4n) is 1.94. The summed E-state index contributed by atoms with van der Waals surface area (Å²) in [7, 11) is 0. The number of aryl methyl sites for hydroxylation is 1. The molecular formula is C11H11ClN2O2. The number of aromatic nitrogens is 1. The van der Waals surface area contributed by atoms with Crippen molar-refractivity contribution in [2.45, 2.75) is 13.5 Å². The fraction of sp³-hybridized carbons (Fsp3) is 0.182. The molecule has 0 radical (unpaired) electrons. The van der Waals surface area contributed by atoms with E-state index in [-0.39, 0.29) is 11.4 Å². The van der Waals surface area contributed by atoms with Crippen LogP contribution < -0.4 is 5.73 Å². The Hall–Kier alpha value is -1.68. The Balaban J connectivity index is 2.98. The molecule has 3 N–H and O–H groups in total. The minimum absolute atomic E-state index is 0.0856. The van der Waals surface area contributed by atoms with Crippen LogP contribution in [0.1, 0.15) is 17.3 Å². The molecule has 4 nitrogen and oxygen atoms in total. The van der Waals surface area contributed by atoms with E-state index >= 15 is 0 Å². The minimum atomic E-state index is -1.05. The number of carbonyl (C=O) groups is 1. The summed E-state index contributed by atoms with van der Waals surface area (Å²) in [5, 5.41) is 10.1. The molecular weight excluding hydrogens is 228 g/mol. The second-order valence-electron chi connectivity index (χ2n) is 3.44. The molecule has 1 aromatic carbocycles. The topological polar surface area (TPSA) is 68.2 Å². The number of fused-ring (bicyclic) bond motifs is 1. The lowest BCUT2D eigenvalue weighted by Gasteiger charge is -2.02. The van der Waals surface area contributed by atoms with Crippen LogP contribution in [0.2, 0.25) is 5.02 Å². The van der Waals surface area contributed by atoms with Crippen LogP contribution in [0, 0.1) is 0 Å². The smallest absolute Gasteiger partial charge is 0.340 e. The van der Waals surface area contributed by atoms with E-state index in [4.69, 9.17) is 22.4 Å². The van der Waals surface area contributed by atoms with Gasteiger partial charge in [0.2, 0.25) is 0 Å². The maximum absolute atomic E-state index is 11.2. The number of carboxylic acid groups (broad SMARTS) is 1. The van der Waals surface area contributed by atoms with Gasteiger partial charge in [-0.15, -0.1) is 0 Å². The molecule has 2 aromatic rings. The summed E-state index contributed by atoms with van der Waals surface area (Å²) in [6, 6.07) is 5.26. The molecule has 16 heavy (non-hydrogen) atoms. The van der Waals surface area contributed by atoms with E-state index in [1.165, 1.54) is 0 Å². The first kappa shape index (κ1) is 10.8. The highest BCUT2D eigenvalue weighted by atomic mass is 35.5. The fourth-order valence-corrected chi connectivity index (χ4v) is 2.20. The summed E-state index contributed by atoms with van der Waals surface area (Å²) in [4.78, 5) is 11.2. The van der Waals surface area contributed by atoms with Crippen molar-refractivity contribution in [3.8, 4) is 0 Å². The van der Waals surface area contributed by atoms with Gasteiger partial charge in [-0.2, -0.15) is 0 Å². The average Bonchev–Trinajstić information content (AvgIpc) is 2.51. The van der Waals surface area contributed by atoms with Gasteiger partial charge in [0.25, 0.3) is 0 Å². The number of carboxylic acids is 1. The summed E-state index contributed by atoms with van der Waals surface area (Å²) in [6.45, 7) is 2.51. The lowest BCUT2D eigenvalue weighted by Crippen LogP contribution is -2.05. The number of nitrogens with zero attached hydrogens (tertiary/aromatic N) is 1. The number of hydrogen-bond donors (Lipinski definition) is 2. The van der Waals surface area contributed by atoms with Crippen LogP contribution in [0.15, 0.2) is 18.2 Å². The summed E-state index contributed by atoms with van der Waals surface area (Å²) in [6.07, 6.45) is 0. The molecule has 1 aromatic heterocycles. The van der Waals surface area contributed by atoms with Crippen LogP contribution in [0.25, 0.3) is 10.9 Å². The summed E-state index contributed by atoms with van der Waals surface area (Å²) >= 11 is 6.02. The molecule has 0 fully saturated rings. The maximum Gasteiger partial charge on any atom is 0.340 e. The largest absolute Gasteiger partial charge is 0.478 e. The van der Waals surface area contributed by atoms with E-state index < -0.39 is 5.97 Å². The first-order chi connectivity index (χ1) is 7.57. The van der Waals surface area contributed by atoms with Gasteiger partial charge >= 0.3 is 5.97 Å². The lowest BCUT2D eigenvalue weighted by molar-refractivity contribution is 0.0700. The number of nitrogens with two attached hydrogens (primary N) is 1. The molecule has 0 aliphatic carbocycles. The van der Waals surface area contributed by atoms with Gasteiger partial charge in [-0.25, -0.2) is 4.79 Å². The number of benzene rings is 1. The number of halogens is 1. The molecule has 0 atom stereocenters. The molecule has 0 unspecified atom stereocenters. The number of rotatable bonds is 2. The van der Waals surface area contributed by atoms with E-state index in [0.717, 1.165) is 5.52 Å². The van der Waals surface area contributed by atoms with Crippen molar-refractivity contribution in [2.75, 3.05) is 5.73 Å². The molecule has 0 amide bonds. The van der Waals surface area contributed by atoms with E-state index in [1.54, 1.807) is 16.7 Å². The number of hydrogen-bond acceptors (Lipinski definition) is 2. The molecule has 1 heterocycles. The Bertz CT molecular complexity index is 575. The normalized spacial score (nSPS) is 10.9. The number of nitrogen functional groups attached to an aromatic ring is 1. The van der Waals surface area contributed by atoms with E-state index in [1.807, 2.05) is 13.0 Å². The van der Waals surface area contributed by atoms with Gasteiger partial charge in [0.1, 0.15) is 11.4 Å². The van der Waals surface area contributed by atoms with Gasteiger partial charge in [-0.05, 0) is 19.1 Å². The van der Waals surface area contributed by atoms with Crippen molar-refractivity contribution in [2.24, 2.45) is 0 Å². The molecule has 0 saturated heterocycles. The van der Waals surface area contributed by atoms with E-state index in [0.29, 0.717) is 17.0 Å². The average molecular weight is 239 g/mol. The Morgan fingerprint density at radius 1 is 1.56 bits per heavy atom. The van der Waals surface area contributed by atoms with Crippen LogP contribution >= 0.6 is 11.6 Å². The van der Waals surface area contributed by atoms with Crippen LogP contribution in [0.5, 0.6) is 0 Å². The quantitative estimate of drug-likeness (QED) is 0.845. The third kappa shape index (κ3) is 1.34. The summed E-state index contributed by atoms with van der Waals surface area (Å²) in [5.74, 6) is -0.805. The molecule has 0 aliphatic heterocycles. The molecule has 84 valence electrons. The van der Waals surface area contributed by atoms with Gasteiger partial charge in [0.15, 0.2) is 0 Å². The van der Waals surface area contributed by atoms with Crippen molar-refractivity contribution < 1.29 is 9.90 Å². The van der Waals surface area contributed by atoms with Gasteiger partial charge in [-0.3, -0.25) is 0 Å². The zero-order valence-corrected chi connectivity index (χ0v) is 9.45. The zero-order valence-electron chi connectivity index (χ0n) is 8.70. The monoisotopic (exact) mass is 238 g/mol. The minimum Gasteiger partial charge on any atom is -0.478 e. The van der Waals surface area contributed by atoms with E-state index in [2.05, 4.69) is 0 Å². The van der Waals surface area contributed by atoms with Gasteiger partial charge in [0, 0.05) is 11.9 Å². The van der Waals surface area contributed by atoms with Crippen molar-refractivity contribution in [3.05, 3.63) is 28.8 Å². The van der Waals surface area contributed by atoms with E-state index in [9.17, 15) is 4.79 Å². The molecule has 0 aliphatic rings. The molecule has 0 bridgehead atoms. The van der Waals surface area contributed by atoms with Gasteiger partial charge < -0.3 is 15.4 Å². The predicted molar refractivity (Wildman–Crippen MR) is 64.0 cm³/mol. The van der Waals surface area contributed by atoms with Crippen LogP contribution in [-0.2, 0) is 6.54 Å². The van der Waals surface area contributed by atoms with Crippen molar-refractivity contribution >= 4 is 34.3 Å². The van der Waals surface area contributed by atoms with Crippen LogP contribution in [0.4, 0.5) is 5.82 Å². The molecule has 0 saturated carbocycles. The second kappa shape index (κ2) is 3.72. The highest BCUT2D eigenvalue weighted by Crippen LogP contribution is 2.33. The summed E-state index contributed by atoms with van der Waals surface area (Å²) < 4.78 is 1.74. The Morgan fingerprint density at radius 2 is 2.25 bits per heavy atom. The number of aromatic carboxylic acids is 1. The molecule has 2 rings (SSSR count). The van der Waals surface area contributed by atoms with Crippen LogP contribution in [-0.4, -0.2) is 15.6 Å². The highest BCUT2D eigenvalue weighted by Gasteiger charge is 2.21. The second-order valence-corrected chi connectivity index (χ2v) is 3.85. The third-order valence-corrected chi connectivity index (χ3v) is 2.92. The Morgan fingerprint density at radius 3 is 2.81 bits per heavy atom.